The molecule has 1 aliphatic heterocycles. The van der Waals surface area contributed by atoms with E-state index >= 15 is 0 Å². The topological polar surface area (TPSA) is 88.0 Å². The average Bonchev–Trinajstić information content (AvgIpc) is 2.91. The van der Waals surface area contributed by atoms with Crippen LogP contribution >= 0.6 is 11.6 Å². The van der Waals surface area contributed by atoms with Gasteiger partial charge in [0.1, 0.15) is 5.82 Å². The highest BCUT2D eigenvalue weighted by molar-refractivity contribution is 6.32. The summed E-state index contributed by atoms with van der Waals surface area (Å²) >= 11 is 6.04. The lowest BCUT2D eigenvalue weighted by molar-refractivity contribution is 0.221. The molecule has 0 unspecified atom stereocenters. The van der Waals surface area contributed by atoms with Crippen molar-refractivity contribution >= 4 is 35.1 Å². The zero-order chi connectivity index (χ0) is 18.7. The molecule has 136 valence electrons. The molecule has 2 aromatic rings. The van der Waals surface area contributed by atoms with Gasteiger partial charge >= 0.3 is 6.03 Å². The van der Waals surface area contributed by atoms with E-state index < -0.39 is 0 Å². The number of nitrogens with one attached hydrogen (secondary N) is 2. The smallest absolute Gasteiger partial charge is 0.320 e. The summed E-state index contributed by atoms with van der Waals surface area (Å²) in [6, 6.07) is -0.223. The van der Waals surface area contributed by atoms with Crippen LogP contribution in [0, 0.1) is 0 Å². The minimum Gasteiger partial charge on any atom is -0.320 e. The maximum Gasteiger partial charge on any atom is 0.327 e. The van der Waals surface area contributed by atoms with E-state index in [1.54, 1.807) is 29.0 Å². The Morgan fingerprint density at radius 1 is 1.50 bits per heavy atom. The minimum absolute atomic E-state index is 0.223. The fraction of sp³-hybridized carbons (Fsp3) is 0.294. The first-order valence-electron chi connectivity index (χ1n) is 8.25. The number of nitrogens with zero attached hydrogens (tertiary/aromatic N) is 5. The fourth-order valence-electron chi connectivity index (χ4n) is 2.62. The second kappa shape index (κ2) is 7.57. The molecule has 0 saturated carbocycles. The lowest BCUT2D eigenvalue weighted by Gasteiger charge is -2.29. The van der Waals surface area contributed by atoms with E-state index in [1.807, 2.05) is 32.1 Å². The molecule has 3 rings (SSSR count). The summed E-state index contributed by atoms with van der Waals surface area (Å²) in [4.78, 5) is 22.9. The molecule has 0 atom stereocenters. The highest BCUT2D eigenvalue weighted by Gasteiger charge is 2.26. The van der Waals surface area contributed by atoms with Crippen LogP contribution in [0.2, 0.25) is 5.15 Å². The largest absolute Gasteiger partial charge is 0.327 e. The number of hydrogen-bond acceptors (Lipinski definition) is 5. The summed E-state index contributed by atoms with van der Waals surface area (Å²) in [6.45, 7) is 4.36. The van der Waals surface area contributed by atoms with Crippen molar-refractivity contribution in [2.75, 3.05) is 10.6 Å². The van der Waals surface area contributed by atoms with Gasteiger partial charge in [-0.2, -0.15) is 10.1 Å². The van der Waals surface area contributed by atoms with Gasteiger partial charge in [-0.15, -0.1) is 0 Å². The number of amides is 2. The highest BCUT2D eigenvalue weighted by Crippen LogP contribution is 2.27. The normalized spacial score (nSPS) is 14.5. The summed E-state index contributed by atoms with van der Waals surface area (Å²) in [5.41, 5.74) is 2.28. The van der Waals surface area contributed by atoms with Gasteiger partial charge in [0.25, 0.3) is 0 Å². The third-order valence-electron chi connectivity index (χ3n) is 3.76. The summed E-state index contributed by atoms with van der Waals surface area (Å²) in [5, 5.41) is 10.2. The van der Waals surface area contributed by atoms with Crippen molar-refractivity contribution in [3.63, 3.8) is 0 Å². The van der Waals surface area contributed by atoms with Gasteiger partial charge in [-0.25, -0.2) is 9.78 Å². The van der Waals surface area contributed by atoms with E-state index in [4.69, 9.17) is 11.6 Å². The Bertz CT molecular complexity index is 887. The number of anilines is 3. The van der Waals surface area contributed by atoms with E-state index in [0.717, 1.165) is 17.7 Å². The quantitative estimate of drug-likeness (QED) is 0.778. The maximum atomic E-state index is 12.5. The molecule has 26 heavy (non-hydrogen) atoms. The number of rotatable bonds is 5. The molecule has 8 nitrogen and oxygen atoms in total. The first-order chi connectivity index (χ1) is 12.5. The number of aryl methyl sites for hydroxylation is 1. The SMILES string of the molecule is C/C=C\C(=C/CC)N1Cc2cnc(Nc3cn(C)nc3Cl)nc2NC1=O. The Hall–Kier alpha value is -2.87. The number of carbonyl (C=O) groups excluding carboxylic acids is 1. The first kappa shape index (κ1) is 17.9. The van der Waals surface area contributed by atoms with Crippen molar-refractivity contribution in [2.45, 2.75) is 26.8 Å². The van der Waals surface area contributed by atoms with Gasteiger partial charge in [-0.1, -0.05) is 30.7 Å². The van der Waals surface area contributed by atoms with E-state index in [0.29, 0.717) is 29.2 Å². The Balaban J connectivity index is 1.84. The molecule has 0 fully saturated rings. The van der Waals surface area contributed by atoms with E-state index in [-0.39, 0.29) is 6.03 Å². The van der Waals surface area contributed by atoms with Crippen LogP contribution in [-0.4, -0.2) is 30.7 Å². The molecule has 3 heterocycles. The molecule has 1 aliphatic rings. The number of carbonyl (C=O) groups is 1. The lowest BCUT2D eigenvalue weighted by Crippen LogP contribution is -2.38. The van der Waals surface area contributed by atoms with Crippen LogP contribution < -0.4 is 10.6 Å². The van der Waals surface area contributed by atoms with Crippen molar-refractivity contribution in [3.8, 4) is 0 Å². The van der Waals surface area contributed by atoms with Crippen molar-refractivity contribution in [1.29, 1.82) is 0 Å². The molecule has 0 bridgehead atoms. The van der Waals surface area contributed by atoms with E-state index in [1.165, 1.54) is 0 Å². The molecule has 2 aromatic heterocycles. The summed E-state index contributed by atoms with van der Waals surface area (Å²) in [6.07, 6.45) is 10.1. The van der Waals surface area contributed by atoms with Crippen LogP contribution in [0.1, 0.15) is 25.8 Å². The zero-order valence-corrected chi connectivity index (χ0v) is 15.6. The van der Waals surface area contributed by atoms with Crippen LogP contribution in [-0.2, 0) is 13.6 Å². The molecule has 0 radical (unpaired) electrons. The monoisotopic (exact) mass is 373 g/mol. The molecular formula is C17H20ClN7O. The predicted molar refractivity (Wildman–Crippen MR) is 101 cm³/mol. The summed E-state index contributed by atoms with van der Waals surface area (Å²) < 4.78 is 1.59. The number of urea groups is 1. The second-order valence-electron chi connectivity index (χ2n) is 5.75. The molecule has 0 spiro atoms. The van der Waals surface area contributed by atoms with Gasteiger partial charge in [0, 0.05) is 30.7 Å². The zero-order valence-electron chi connectivity index (χ0n) is 14.8. The van der Waals surface area contributed by atoms with Gasteiger partial charge in [0.15, 0.2) is 5.15 Å². The molecule has 9 heteroatoms. The molecular weight excluding hydrogens is 354 g/mol. The third-order valence-corrected chi connectivity index (χ3v) is 4.04. The van der Waals surface area contributed by atoms with Crippen molar-refractivity contribution in [3.05, 3.63) is 47.0 Å². The van der Waals surface area contributed by atoms with Crippen LogP contribution in [0.5, 0.6) is 0 Å². The highest BCUT2D eigenvalue weighted by atomic mass is 35.5. The number of hydrogen-bond donors (Lipinski definition) is 2. The minimum atomic E-state index is -0.223. The van der Waals surface area contributed by atoms with Crippen LogP contribution in [0.15, 0.2) is 36.3 Å². The van der Waals surface area contributed by atoms with E-state index in [9.17, 15) is 4.79 Å². The van der Waals surface area contributed by atoms with Crippen molar-refractivity contribution in [2.24, 2.45) is 7.05 Å². The van der Waals surface area contributed by atoms with Crippen LogP contribution in [0.3, 0.4) is 0 Å². The van der Waals surface area contributed by atoms with Gasteiger partial charge in [-0.3, -0.25) is 14.9 Å². The Labute approximate surface area is 156 Å². The van der Waals surface area contributed by atoms with Crippen LogP contribution in [0.25, 0.3) is 0 Å². The average molecular weight is 374 g/mol. The van der Waals surface area contributed by atoms with E-state index in [2.05, 4.69) is 25.7 Å². The van der Waals surface area contributed by atoms with Crippen molar-refractivity contribution < 1.29 is 4.79 Å². The fourth-order valence-corrected chi connectivity index (χ4v) is 2.84. The van der Waals surface area contributed by atoms with Gasteiger partial charge < -0.3 is 5.32 Å². The maximum absolute atomic E-state index is 12.5. The molecule has 2 amide bonds. The number of fused-ring (bicyclic) bond motifs is 1. The number of aromatic nitrogens is 4. The number of halogens is 1. The molecule has 0 saturated heterocycles. The van der Waals surface area contributed by atoms with Gasteiger partial charge in [0.05, 0.1) is 12.2 Å². The third kappa shape index (κ3) is 3.70. The second-order valence-corrected chi connectivity index (χ2v) is 6.11. The molecule has 0 aliphatic carbocycles. The Morgan fingerprint density at radius 3 is 2.96 bits per heavy atom. The molecule has 0 aromatic carbocycles. The molecule has 2 N–H and O–H groups in total. The Morgan fingerprint density at radius 2 is 2.31 bits per heavy atom. The summed E-state index contributed by atoms with van der Waals surface area (Å²) in [7, 11) is 1.77. The predicted octanol–water partition coefficient (Wildman–Crippen LogP) is 3.82. The lowest BCUT2D eigenvalue weighted by atomic mass is 10.2. The first-order valence-corrected chi connectivity index (χ1v) is 8.63. The van der Waals surface area contributed by atoms with Gasteiger partial charge in [-0.05, 0) is 19.4 Å². The standard InChI is InChI=1S/C17H20ClN7O/c1-4-6-12(7-5-2)25-9-11-8-19-16(21-15(11)22-17(25)26)20-13-10-24(3)23-14(13)18/h4,6-8,10H,5,9H2,1-3H3,(H2,19,20,21,22,26)/b6-4-,12-7+. The van der Waals surface area contributed by atoms with Crippen LogP contribution in [0.4, 0.5) is 22.2 Å². The summed E-state index contributed by atoms with van der Waals surface area (Å²) in [5.74, 6) is 0.824. The van der Waals surface area contributed by atoms with Crippen molar-refractivity contribution in [1.82, 2.24) is 24.6 Å². The van der Waals surface area contributed by atoms with Gasteiger partial charge in [0.2, 0.25) is 5.95 Å². The number of allylic oxidation sites excluding steroid dienone is 3. The Kier molecular flexibility index (Phi) is 5.22.